The van der Waals surface area contributed by atoms with Crippen molar-refractivity contribution in [1.82, 2.24) is 0 Å². The van der Waals surface area contributed by atoms with Gasteiger partial charge in [-0.05, 0) is 31.4 Å². The van der Waals surface area contributed by atoms with E-state index < -0.39 is 0 Å². The van der Waals surface area contributed by atoms with E-state index in [9.17, 15) is 0 Å². The Balaban J connectivity index is 2.35. The molecule has 94 valence electrons. The fourth-order valence-corrected chi connectivity index (χ4v) is 2.16. The largest absolute Gasteiger partial charge is 0.463 e. The molecule has 0 spiro atoms. The fraction of sp³-hybridized carbons (Fsp3) is 0.400. The van der Waals surface area contributed by atoms with E-state index in [1.54, 1.807) is 6.26 Å². The van der Waals surface area contributed by atoms with E-state index in [4.69, 9.17) is 16.6 Å². The Labute approximate surface area is 108 Å². The molecule has 3 heteroatoms. The van der Waals surface area contributed by atoms with Gasteiger partial charge in [0.05, 0.1) is 12.0 Å². The monoisotopic (exact) mass is 242 g/mol. The van der Waals surface area contributed by atoms with Crippen molar-refractivity contribution >= 4 is 11.4 Å². The van der Waals surface area contributed by atoms with Gasteiger partial charge < -0.3 is 10.2 Å². The number of terminal acetylenes is 1. The Morgan fingerprint density at radius 1 is 1.44 bits per heavy atom. The molecule has 0 fully saturated rings. The van der Waals surface area contributed by atoms with Gasteiger partial charge in [0.2, 0.25) is 0 Å². The predicted octanol–water partition coefficient (Wildman–Crippen LogP) is 2.99. The summed E-state index contributed by atoms with van der Waals surface area (Å²) in [6.07, 6.45) is 12.0. The first-order valence-corrected chi connectivity index (χ1v) is 6.32. The number of allylic oxidation sites excluding steroid dienone is 1. The lowest BCUT2D eigenvalue weighted by Crippen LogP contribution is -2.10. The number of hydrogen-bond donors (Lipinski definition) is 1. The van der Waals surface area contributed by atoms with E-state index in [1.165, 1.54) is 6.42 Å². The van der Waals surface area contributed by atoms with Gasteiger partial charge in [-0.15, -0.1) is 12.3 Å². The third-order valence-electron chi connectivity index (χ3n) is 3.11. The summed E-state index contributed by atoms with van der Waals surface area (Å²) in [6, 6.07) is 3.67. The molecule has 3 nitrogen and oxygen atoms in total. The summed E-state index contributed by atoms with van der Waals surface area (Å²) in [7, 11) is 0. The van der Waals surface area contributed by atoms with E-state index >= 15 is 0 Å². The van der Waals surface area contributed by atoms with Crippen LogP contribution in [0, 0.1) is 12.3 Å². The molecule has 0 radical (unpaired) electrons. The van der Waals surface area contributed by atoms with Crippen molar-refractivity contribution in [2.75, 3.05) is 6.54 Å². The molecular formula is C15H18N2O. The van der Waals surface area contributed by atoms with Crippen LogP contribution in [0.1, 0.15) is 37.9 Å². The van der Waals surface area contributed by atoms with E-state index in [2.05, 4.69) is 10.9 Å². The number of aliphatic imine (C=N–C) groups is 1. The Bertz CT molecular complexity index is 489. The molecule has 18 heavy (non-hydrogen) atoms. The SMILES string of the molecule is C#CC/C(C1=NCCCCC1)=C(/N)c1ccco1. The molecule has 1 aromatic heterocycles. The zero-order valence-electron chi connectivity index (χ0n) is 10.5. The minimum Gasteiger partial charge on any atom is -0.463 e. The third-order valence-corrected chi connectivity index (χ3v) is 3.11. The second-order valence-corrected chi connectivity index (χ2v) is 4.39. The molecule has 2 N–H and O–H groups in total. The summed E-state index contributed by atoms with van der Waals surface area (Å²) in [5.74, 6) is 3.34. The number of nitrogens with zero attached hydrogens (tertiary/aromatic N) is 1. The van der Waals surface area contributed by atoms with Crippen LogP contribution < -0.4 is 5.73 Å². The zero-order chi connectivity index (χ0) is 12.8. The van der Waals surface area contributed by atoms with Crippen LogP contribution in [-0.2, 0) is 0 Å². The molecular weight excluding hydrogens is 224 g/mol. The Morgan fingerprint density at radius 2 is 2.33 bits per heavy atom. The van der Waals surface area contributed by atoms with Crippen molar-refractivity contribution in [3.63, 3.8) is 0 Å². The first-order valence-electron chi connectivity index (χ1n) is 6.32. The standard InChI is InChI=1S/C15H18N2O/c1-2-7-12(13-8-4-3-5-10-17-13)15(16)14-9-6-11-18-14/h1,6,9,11H,3-5,7-8,10,16H2/b15-12-. The molecule has 2 heterocycles. The summed E-state index contributed by atoms with van der Waals surface area (Å²) >= 11 is 0. The molecule has 1 aromatic rings. The van der Waals surface area contributed by atoms with Gasteiger partial charge in [0.25, 0.3) is 0 Å². The Kier molecular flexibility index (Phi) is 4.25. The molecule has 0 aliphatic carbocycles. The number of rotatable bonds is 3. The van der Waals surface area contributed by atoms with Gasteiger partial charge in [-0.2, -0.15) is 0 Å². The van der Waals surface area contributed by atoms with Gasteiger partial charge in [-0.25, -0.2) is 0 Å². The van der Waals surface area contributed by atoms with E-state index in [1.807, 2.05) is 12.1 Å². The van der Waals surface area contributed by atoms with Crippen LogP contribution in [0.25, 0.3) is 5.70 Å². The highest BCUT2D eigenvalue weighted by Gasteiger charge is 2.15. The van der Waals surface area contributed by atoms with Crippen LogP contribution in [0.3, 0.4) is 0 Å². The van der Waals surface area contributed by atoms with Gasteiger partial charge in [0, 0.05) is 24.3 Å². The third kappa shape index (κ3) is 2.84. The summed E-state index contributed by atoms with van der Waals surface area (Å²) < 4.78 is 5.34. The Hall–Kier alpha value is -1.95. The van der Waals surface area contributed by atoms with Crippen molar-refractivity contribution in [3.05, 3.63) is 29.7 Å². The number of furan rings is 1. The fourth-order valence-electron chi connectivity index (χ4n) is 2.16. The van der Waals surface area contributed by atoms with Crippen LogP contribution in [0.2, 0.25) is 0 Å². The van der Waals surface area contributed by atoms with Gasteiger partial charge >= 0.3 is 0 Å². The van der Waals surface area contributed by atoms with E-state index in [0.29, 0.717) is 17.9 Å². The molecule has 0 saturated carbocycles. The first-order chi connectivity index (χ1) is 8.83. The average Bonchev–Trinajstić information content (AvgIpc) is 2.79. The topological polar surface area (TPSA) is 51.5 Å². The molecule has 1 aliphatic rings. The van der Waals surface area contributed by atoms with E-state index in [0.717, 1.165) is 37.1 Å². The average molecular weight is 242 g/mol. The van der Waals surface area contributed by atoms with Crippen LogP contribution in [0.5, 0.6) is 0 Å². The van der Waals surface area contributed by atoms with Crippen LogP contribution >= 0.6 is 0 Å². The van der Waals surface area contributed by atoms with Gasteiger partial charge in [-0.3, -0.25) is 4.99 Å². The minimum atomic E-state index is 0.505. The van der Waals surface area contributed by atoms with Crippen molar-refractivity contribution in [1.29, 1.82) is 0 Å². The number of nitrogens with two attached hydrogens (primary N) is 1. The van der Waals surface area contributed by atoms with Crippen molar-refractivity contribution in [2.45, 2.75) is 32.1 Å². The maximum Gasteiger partial charge on any atom is 0.149 e. The molecule has 2 rings (SSSR count). The highest BCUT2D eigenvalue weighted by atomic mass is 16.3. The maximum atomic E-state index is 6.16. The summed E-state index contributed by atoms with van der Waals surface area (Å²) in [6.45, 7) is 0.870. The normalized spacial score (nSPS) is 17.4. The second kappa shape index (κ2) is 6.11. The molecule has 0 aromatic carbocycles. The molecule has 1 aliphatic heterocycles. The molecule has 0 saturated heterocycles. The molecule has 0 atom stereocenters. The highest BCUT2D eigenvalue weighted by molar-refractivity contribution is 6.06. The summed E-state index contributed by atoms with van der Waals surface area (Å²) in [4.78, 5) is 4.61. The van der Waals surface area contributed by atoms with Crippen LogP contribution in [0.15, 0.2) is 33.4 Å². The second-order valence-electron chi connectivity index (χ2n) is 4.39. The molecule has 0 amide bonds. The molecule has 0 unspecified atom stereocenters. The van der Waals surface area contributed by atoms with Gasteiger partial charge in [0.1, 0.15) is 5.76 Å². The minimum absolute atomic E-state index is 0.505. The van der Waals surface area contributed by atoms with Crippen molar-refractivity contribution < 1.29 is 4.42 Å². The highest BCUT2D eigenvalue weighted by Crippen LogP contribution is 2.22. The quantitative estimate of drug-likeness (QED) is 0.828. The van der Waals surface area contributed by atoms with Crippen LogP contribution in [-0.4, -0.2) is 12.3 Å². The van der Waals surface area contributed by atoms with E-state index in [-0.39, 0.29) is 0 Å². The summed E-state index contributed by atoms with van der Waals surface area (Å²) in [5.41, 5.74) is 8.79. The maximum absolute atomic E-state index is 6.16. The zero-order valence-corrected chi connectivity index (χ0v) is 10.5. The van der Waals surface area contributed by atoms with Crippen molar-refractivity contribution in [3.8, 4) is 12.3 Å². The lowest BCUT2D eigenvalue weighted by Gasteiger charge is -2.10. The lowest BCUT2D eigenvalue weighted by atomic mass is 9.99. The molecule has 0 bridgehead atoms. The number of hydrogen-bond acceptors (Lipinski definition) is 3. The summed E-state index contributed by atoms with van der Waals surface area (Å²) in [5, 5.41) is 0. The smallest absolute Gasteiger partial charge is 0.149 e. The lowest BCUT2D eigenvalue weighted by molar-refractivity contribution is 0.551. The van der Waals surface area contributed by atoms with Gasteiger partial charge in [0.15, 0.2) is 0 Å². The Morgan fingerprint density at radius 3 is 3.06 bits per heavy atom. The van der Waals surface area contributed by atoms with Gasteiger partial charge in [-0.1, -0.05) is 6.42 Å². The first kappa shape index (κ1) is 12.5. The predicted molar refractivity (Wildman–Crippen MR) is 74.0 cm³/mol. The van der Waals surface area contributed by atoms with Crippen molar-refractivity contribution in [2.24, 2.45) is 10.7 Å². The van der Waals surface area contributed by atoms with Crippen LogP contribution in [0.4, 0.5) is 0 Å².